The third-order valence-electron chi connectivity index (χ3n) is 4.90. The highest BCUT2D eigenvalue weighted by molar-refractivity contribution is 8.16. The number of halogens is 2. The summed E-state index contributed by atoms with van der Waals surface area (Å²) in [5.74, 6) is -0.266. The topological polar surface area (TPSA) is 66.8 Å². The lowest BCUT2D eigenvalue weighted by Crippen LogP contribution is -2.38. The molecule has 1 amide bonds. The van der Waals surface area contributed by atoms with Crippen molar-refractivity contribution < 1.29 is 13.2 Å². The molecule has 5 nitrogen and oxygen atoms in total. The number of amides is 1. The van der Waals surface area contributed by atoms with Gasteiger partial charge in [-0.25, -0.2) is 8.42 Å². The third-order valence-corrected chi connectivity index (χ3v) is 8.72. The van der Waals surface area contributed by atoms with Gasteiger partial charge in [-0.1, -0.05) is 70.9 Å². The number of rotatable bonds is 3. The fraction of sp³-hybridized carbons (Fsp3) is 0.300. The smallest absolute Gasteiger partial charge is 0.252 e. The van der Waals surface area contributed by atoms with Crippen LogP contribution >= 0.6 is 35.0 Å². The van der Waals surface area contributed by atoms with Gasteiger partial charge in [0.1, 0.15) is 0 Å². The number of para-hydroxylation sites is 1. The normalized spacial score (nSPS) is 24.1. The molecule has 2 aliphatic heterocycles. The molecule has 152 valence electrons. The Morgan fingerprint density at radius 3 is 2.55 bits per heavy atom. The number of aryl methyl sites for hydroxylation is 1. The van der Waals surface area contributed by atoms with E-state index >= 15 is 0 Å². The van der Waals surface area contributed by atoms with Crippen LogP contribution in [0.5, 0.6) is 0 Å². The van der Waals surface area contributed by atoms with Crippen molar-refractivity contribution >= 4 is 61.6 Å². The van der Waals surface area contributed by atoms with E-state index in [4.69, 9.17) is 23.2 Å². The summed E-state index contributed by atoms with van der Waals surface area (Å²) in [6, 6.07) is 12.5. The molecule has 0 bridgehead atoms. The Balaban J connectivity index is 1.70. The zero-order chi connectivity index (χ0) is 20.8. The van der Waals surface area contributed by atoms with E-state index in [1.165, 1.54) is 11.8 Å². The van der Waals surface area contributed by atoms with Crippen molar-refractivity contribution in [2.75, 3.05) is 16.4 Å². The minimum Gasteiger partial charge on any atom is -0.313 e. The molecular weight excluding hydrogens is 451 g/mol. The van der Waals surface area contributed by atoms with E-state index in [1.807, 2.05) is 31.2 Å². The first-order valence-electron chi connectivity index (χ1n) is 9.01. The fourth-order valence-electron chi connectivity index (χ4n) is 3.69. The van der Waals surface area contributed by atoms with Crippen LogP contribution in [0.15, 0.2) is 47.5 Å². The second kappa shape index (κ2) is 7.95. The van der Waals surface area contributed by atoms with Gasteiger partial charge in [0.15, 0.2) is 15.0 Å². The summed E-state index contributed by atoms with van der Waals surface area (Å²) in [5.41, 5.74) is 2.45. The third kappa shape index (κ3) is 4.33. The van der Waals surface area contributed by atoms with E-state index < -0.39 is 9.84 Å². The van der Waals surface area contributed by atoms with Gasteiger partial charge in [-0.15, -0.1) is 0 Å². The number of carbonyl (C=O) groups excluding carboxylic acids is 1. The second-order valence-corrected chi connectivity index (χ2v) is 11.4. The molecule has 0 aliphatic carbocycles. The average molecular weight is 469 g/mol. The first kappa shape index (κ1) is 20.7. The molecule has 2 aliphatic rings. The number of anilines is 1. The van der Waals surface area contributed by atoms with E-state index in [2.05, 4.69) is 4.99 Å². The molecule has 2 saturated heterocycles. The molecule has 4 rings (SSSR count). The molecule has 0 spiro atoms. The predicted molar refractivity (Wildman–Crippen MR) is 120 cm³/mol. The zero-order valence-corrected chi connectivity index (χ0v) is 18.7. The largest absolute Gasteiger partial charge is 0.313 e. The molecule has 0 unspecified atom stereocenters. The van der Waals surface area contributed by atoms with Crippen molar-refractivity contribution in [1.29, 1.82) is 0 Å². The van der Waals surface area contributed by atoms with E-state index in [9.17, 15) is 13.2 Å². The highest BCUT2D eigenvalue weighted by atomic mass is 35.5. The maximum atomic E-state index is 12.7. The number of sulfone groups is 1. The summed E-state index contributed by atoms with van der Waals surface area (Å²) in [4.78, 5) is 18.7. The van der Waals surface area contributed by atoms with Crippen LogP contribution in [0, 0.1) is 6.92 Å². The van der Waals surface area contributed by atoms with E-state index in [1.54, 1.807) is 23.1 Å². The average Bonchev–Trinajstić information content (AvgIpc) is 3.07. The number of thioether (sulfide) groups is 1. The molecule has 2 aromatic carbocycles. The number of fused-ring (bicyclic) bond motifs is 1. The van der Waals surface area contributed by atoms with Gasteiger partial charge in [-0.3, -0.25) is 4.79 Å². The number of carbonyl (C=O) groups is 1. The Morgan fingerprint density at radius 2 is 1.86 bits per heavy atom. The van der Waals surface area contributed by atoms with E-state index in [0.29, 0.717) is 20.9 Å². The number of hydrogen-bond donors (Lipinski definition) is 0. The molecule has 0 N–H and O–H groups in total. The monoisotopic (exact) mass is 468 g/mol. The minimum absolute atomic E-state index is 0.0166. The van der Waals surface area contributed by atoms with Crippen molar-refractivity contribution in [3.63, 3.8) is 0 Å². The minimum atomic E-state index is -3.17. The Morgan fingerprint density at radius 1 is 1.17 bits per heavy atom. The van der Waals surface area contributed by atoms with E-state index in [-0.39, 0.29) is 35.1 Å². The molecule has 2 atom stereocenters. The lowest BCUT2D eigenvalue weighted by Gasteiger charge is -2.26. The van der Waals surface area contributed by atoms with Crippen molar-refractivity contribution in [2.45, 2.75) is 24.6 Å². The van der Waals surface area contributed by atoms with Crippen LogP contribution in [0.4, 0.5) is 5.69 Å². The van der Waals surface area contributed by atoms with Crippen LogP contribution in [-0.2, 0) is 21.1 Å². The van der Waals surface area contributed by atoms with Crippen LogP contribution in [0.3, 0.4) is 0 Å². The van der Waals surface area contributed by atoms with Crippen LogP contribution < -0.4 is 4.90 Å². The molecule has 0 saturated carbocycles. The van der Waals surface area contributed by atoms with Gasteiger partial charge in [-0.05, 0) is 24.6 Å². The number of hydrogen-bond acceptors (Lipinski definition) is 4. The Hall–Kier alpha value is -1.54. The highest BCUT2D eigenvalue weighted by Crippen LogP contribution is 2.45. The van der Waals surface area contributed by atoms with Gasteiger partial charge >= 0.3 is 0 Å². The maximum Gasteiger partial charge on any atom is 0.252 e. The number of aliphatic imine (C=N–C) groups is 1. The van der Waals surface area contributed by atoms with Crippen LogP contribution in [0.2, 0.25) is 10.0 Å². The summed E-state index contributed by atoms with van der Waals surface area (Å²) < 4.78 is 24.4. The predicted octanol–water partition coefficient (Wildman–Crippen LogP) is 4.15. The first-order valence-corrected chi connectivity index (χ1v) is 12.5. The van der Waals surface area contributed by atoms with Gasteiger partial charge in [0, 0.05) is 5.25 Å². The Bertz CT molecular complexity index is 1100. The molecule has 2 heterocycles. The van der Waals surface area contributed by atoms with Crippen molar-refractivity contribution in [3.8, 4) is 0 Å². The van der Waals surface area contributed by atoms with Gasteiger partial charge in [0.2, 0.25) is 0 Å². The Kier molecular flexibility index (Phi) is 5.68. The van der Waals surface area contributed by atoms with Crippen LogP contribution in [-0.4, -0.2) is 42.3 Å². The second-order valence-electron chi connectivity index (χ2n) is 7.19. The SMILES string of the molecule is Cc1cccc(CC(=O)N=C2S[C@@H]3CS(=O)(=O)C[C@@H]3N2c2c(Cl)cccc2Cl)c1. The lowest BCUT2D eigenvalue weighted by atomic mass is 10.1. The molecule has 0 radical (unpaired) electrons. The quantitative estimate of drug-likeness (QED) is 0.676. The summed E-state index contributed by atoms with van der Waals surface area (Å²) in [6.45, 7) is 1.97. The first-order chi connectivity index (χ1) is 13.7. The van der Waals surface area contributed by atoms with Crippen molar-refractivity contribution in [2.24, 2.45) is 4.99 Å². The van der Waals surface area contributed by atoms with Gasteiger partial charge in [0.05, 0.1) is 39.7 Å². The summed E-state index contributed by atoms with van der Waals surface area (Å²) in [7, 11) is -3.17. The number of benzene rings is 2. The van der Waals surface area contributed by atoms with E-state index in [0.717, 1.165) is 11.1 Å². The summed E-state index contributed by atoms with van der Waals surface area (Å²) in [5, 5.41) is 1.02. The van der Waals surface area contributed by atoms with Gasteiger partial charge in [-0.2, -0.15) is 4.99 Å². The fourth-order valence-corrected chi connectivity index (χ4v) is 8.18. The molecule has 9 heteroatoms. The Labute approximate surface area is 184 Å². The number of amidine groups is 1. The van der Waals surface area contributed by atoms with Gasteiger partial charge < -0.3 is 4.90 Å². The maximum absolute atomic E-state index is 12.7. The zero-order valence-electron chi connectivity index (χ0n) is 15.5. The molecule has 2 fully saturated rings. The molecule has 0 aromatic heterocycles. The highest BCUT2D eigenvalue weighted by Gasteiger charge is 2.50. The molecule has 29 heavy (non-hydrogen) atoms. The number of nitrogens with zero attached hydrogens (tertiary/aromatic N) is 2. The summed E-state index contributed by atoms with van der Waals surface area (Å²) >= 11 is 14.1. The summed E-state index contributed by atoms with van der Waals surface area (Å²) in [6.07, 6.45) is 0.170. The molecular formula is C20H18Cl2N2O3S2. The van der Waals surface area contributed by atoms with Crippen LogP contribution in [0.1, 0.15) is 11.1 Å². The van der Waals surface area contributed by atoms with Crippen LogP contribution in [0.25, 0.3) is 0 Å². The van der Waals surface area contributed by atoms with Gasteiger partial charge in [0.25, 0.3) is 5.91 Å². The van der Waals surface area contributed by atoms with Crippen molar-refractivity contribution in [3.05, 3.63) is 63.6 Å². The lowest BCUT2D eigenvalue weighted by molar-refractivity contribution is -0.117. The standard InChI is InChI=1S/C20H18Cl2N2O3S2/c1-12-4-2-5-13(8-12)9-18(25)23-20-24(19-14(21)6-3-7-15(19)22)16-10-29(26,27)11-17(16)28-20/h2-8,16-17H,9-11H2,1H3/t16-,17+/m0/s1. The van der Waals surface area contributed by atoms with Crippen molar-refractivity contribution in [1.82, 2.24) is 0 Å². The molecule has 2 aromatic rings.